The zero-order valence-corrected chi connectivity index (χ0v) is 13.1. The highest BCUT2D eigenvalue weighted by atomic mass is 79.9. The van der Waals surface area contributed by atoms with Gasteiger partial charge in [-0.25, -0.2) is 4.39 Å². The van der Waals surface area contributed by atoms with Crippen LogP contribution in [0.25, 0.3) is 0 Å². The summed E-state index contributed by atoms with van der Waals surface area (Å²) in [6, 6.07) is 1.11. The molecule has 1 aromatic carbocycles. The smallest absolute Gasteiger partial charge is 0.305 e. The van der Waals surface area contributed by atoms with Crippen LogP contribution in [-0.4, -0.2) is 22.2 Å². The van der Waals surface area contributed by atoms with Crippen LogP contribution >= 0.6 is 15.9 Å². The molecule has 0 radical (unpaired) electrons. The van der Waals surface area contributed by atoms with Crippen molar-refractivity contribution < 1.29 is 18.5 Å². The van der Waals surface area contributed by atoms with Crippen LogP contribution in [0.1, 0.15) is 30.6 Å². The molecule has 8 heteroatoms. The summed E-state index contributed by atoms with van der Waals surface area (Å²) in [5, 5.41) is 13.8. The standard InChI is InChI=1S/C13H15BrF2N2O3/c1-7(2)9(5-6-14)17-13(19)11-8(15)3-4-10(12(11)16)18(20)21/h3-4,7,9H,5-6H2,1-2H3,(H,17,19). The monoisotopic (exact) mass is 364 g/mol. The quantitative estimate of drug-likeness (QED) is 0.477. The lowest BCUT2D eigenvalue weighted by Gasteiger charge is -2.21. The van der Waals surface area contributed by atoms with Crippen molar-refractivity contribution in [2.24, 2.45) is 5.92 Å². The Morgan fingerprint density at radius 1 is 1.43 bits per heavy atom. The van der Waals surface area contributed by atoms with Gasteiger partial charge in [-0.3, -0.25) is 14.9 Å². The Balaban J connectivity index is 3.12. The van der Waals surface area contributed by atoms with Gasteiger partial charge in [-0.1, -0.05) is 29.8 Å². The fourth-order valence-electron chi connectivity index (χ4n) is 1.82. The molecule has 1 amide bonds. The number of halogens is 3. The summed E-state index contributed by atoms with van der Waals surface area (Å²) in [4.78, 5) is 21.7. The summed E-state index contributed by atoms with van der Waals surface area (Å²) in [6.45, 7) is 3.71. The van der Waals surface area contributed by atoms with E-state index in [1.807, 2.05) is 13.8 Å². The number of nitro groups is 1. The van der Waals surface area contributed by atoms with Crippen LogP contribution in [0.15, 0.2) is 12.1 Å². The minimum Gasteiger partial charge on any atom is -0.349 e. The maximum absolute atomic E-state index is 13.9. The number of nitrogens with zero attached hydrogens (tertiary/aromatic N) is 1. The first-order valence-electron chi connectivity index (χ1n) is 6.28. The topological polar surface area (TPSA) is 72.2 Å². The zero-order valence-electron chi connectivity index (χ0n) is 11.5. The molecule has 0 bridgehead atoms. The number of nitrogens with one attached hydrogen (secondary N) is 1. The molecular formula is C13H15BrF2N2O3. The summed E-state index contributed by atoms with van der Waals surface area (Å²) in [5.41, 5.74) is -1.85. The van der Waals surface area contributed by atoms with E-state index >= 15 is 0 Å². The summed E-state index contributed by atoms with van der Waals surface area (Å²) in [6.07, 6.45) is 0.571. The molecule has 0 aliphatic carbocycles. The number of hydrogen-bond donors (Lipinski definition) is 1. The molecular weight excluding hydrogens is 350 g/mol. The zero-order chi connectivity index (χ0) is 16.2. The number of benzene rings is 1. The third-order valence-electron chi connectivity index (χ3n) is 3.04. The molecule has 21 heavy (non-hydrogen) atoms. The number of carbonyl (C=O) groups is 1. The predicted molar refractivity (Wildman–Crippen MR) is 77.5 cm³/mol. The van der Waals surface area contributed by atoms with E-state index in [1.54, 1.807) is 0 Å². The average molecular weight is 365 g/mol. The first-order valence-corrected chi connectivity index (χ1v) is 7.41. The van der Waals surface area contributed by atoms with Crippen LogP contribution in [-0.2, 0) is 0 Å². The van der Waals surface area contributed by atoms with Crippen molar-refractivity contribution in [2.75, 3.05) is 5.33 Å². The molecule has 0 aliphatic heterocycles. The highest BCUT2D eigenvalue weighted by molar-refractivity contribution is 9.09. The second-order valence-corrected chi connectivity index (χ2v) is 5.61. The Hall–Kier alpha value is -1.57. The largest absolute Gasteiger partial charge is 0.349 e. The molecule has 0 fully saturated rings. The van der Waals surface area contributed by atoms with Crippen LogP contribution in [0.2, 0.25) is 0 Å². The fraction of sp³-hybridized carbons (Fsp3) is 0.462. The fourth-order valence-corrected chi connectivity index (χ4v) is 2.31. The number of amides is 1. The van der Waals surface area contributed by atoms with Gasteiger partial charge in [0.25, 0.3) is 5.91 Å². The molecule has 0 saturated heterocycles. The van der Waals surface area contributed by atoms with Crippen LogP contribution in [0.5, 0.6) is 0 Å². The van der Waals surface area contributed by atoms with Gasteiger partial charge in [0.2, 0.25) is 5.82 Å². The van der Waals surface area contributed by atoms with Crippen molar-refractivity contribution in [2.45, 2.75) is 26.3 Å². The second-order valence-electron chi connectivity index (χ2n) is 4.81. The van der Waals surface area contributed by atoms with E-state index in [0.29, 0.717) is 23.9 Å². The van der Waals surface area contributed by atoms with E-state index in [0.717, 1.165) is 0 Å². The van der Waals surface area contributed by atoms with Gasteiger partial charge < -0.3 is 5.32 Å². The number of hydrogen-bond acceptors (Lipinski definition) is 3. The van der Waals surface area contributed by atoms with Crippen molar-refractivity contribution in [3.63, 3.8) is 0 Å². The van der Waals surface area contributed by atoms with Gasteiger partial charge in [-0.15, -0.1) is 0 Å². The molecule has 1 aromatic rings. The van der Waals surface area contributed by atoms with E-state index in [4.69, 9.17) is 0 Å². The van der Waals surface area contributed by atoms with Gasteiger partial charge in [-0.05, 0) is 18.4 Å². The lowest BCUT2D eigenvalue weighted by atomic mass is 10.0. The van der Waals surface area contributed by atoms with Crippen LogP contribution < -0.4 is 5.32 Å². The third-order valence-corrected chi connectivity index (χ3v) is 3.49. The van der Waals surface area contributed by atoms with Crippen LogP contribution in [0.4, 0.5) is 14.5 Å². The van der Waals surface area contributed by atoms with Gasteiger partial charge >= 0.3 is 5.69 Å². The van der Waals surface area contributed by atoms with Crippen LogP contribution in [0.3, 0.4) is 0 Å². The van der Waals surface area contributed by atoms with Crippen molar-refractivity contribution in [3.8, 4) is 0 Å². The maximum atomic E-state index is 13.9. The molecule has 0 saturated carbocycles. The molecule has 1 atom stereocenters. The van der Waals surface area contributed by atoms with Crippen LogP contribution in [0, 0.1) is 27.7 Å². The molecule has 0 aromatic heterocycles. The van der Waals surface area contributed by atoms with E-state index in [2.05, 4.69) is 21.2 Å². The lowest BCUT2D eigenvalue weighted by Crippen LogP contribution is -2.39. The Bertz CT molecular complexity index is 552. The predicted octanol–water partition coefficient (Wildman–Crippen LogP) is 3.41. The second kappa shape index (κ2) is 7.44. The molecule has 0 heterocycles. The number of carbonyl (C=O) groups excluding carboxylic acids is 1. The molecule has 116 valence electrons. The SMILES string of the molecule is CC(C)C(CCBr)NC(=O)c1c(F)ccc([N+](=O)[O-])c1F. The number of rotatable bonds is 6. The van der Waals surface area contributed by atoms with Gasteiger partial charge in [0.15, 0.2) is 0 Å². The van der Waals surface area contributed by atoms with E-state index in [9.17, 15) is 23.7 Å². The molecule has 1 unspecified atom stereocenters. The highest BCUT2D eigenvalue weighted by Gasteiger charge is 2.27. The van der Waals surface area contributed by atoms with E-state index in [1.165, 1.54) is 0 Å². The minimum atomic E-state index is -1.46. The first-order chi connectivity index (χ1) is 9.79. The Morgan fingerprint density at radius 2 is 2.05 bits per heavy atom. The summed E-state index contributed by atoms with van der Waals surface area (Å²) in [5.74, 6) is -3.53. The van der Waals surface area contributed by atoms with Crippen molar-refractivity contribution in [3.05, 3.63) is 39.4 Å². The average Bonchev–Trinajstić information content (AvgIpc) is 2.37. The van der Waals surface area contributed by atoms with Crippen molar-refractivity contribution in [1.82, 2.24) is 5.32 Å². The molecule has 0 aliphatic rings. The highest BCUT2D eigenvalue weighted by Crippen LogP contribution is 2.23. The first kappa shape index (κ1) is 17.5. The molecule has 0 spiro atoms. The third kappa shape index (κ3) is 4.20. The Morgan fingerprint density at radius 3 is 2.52 bits per heavy atom. The van der Waals surface area contributed by atoms with Crippen molar-refractivity contribution in [1.29, 1.82) is 0 Å². The molecule has 5 nitrogen and oxygen atoms in total. The lowest BCUT2D eigenvalue weighted by molar-refractivity contribution is -0.387. The van der Waals surface area contributed by atoms with Gasteiger partial charge in [0, 0.05) is 17.4 Å². The van der Waals surface area contributed by atoms with Gasteiger partial charge in [0.05, 0.1) is 4.92 Å². The summed E-state index contributed by atoms with van der Waals surface area (Å²) in [7, 11) is 0. The van der Waals surface area contributed by atoms with E-state index in [-0.39, 0.29) is 12.0 Å². The number of alkyl halides is 1. The van der Waals surface area contributed by atoms with Gasteiger partial charge in [0.1, 0.15) is 11.4 Å². The number of nitro benzene ring substituents is 1. The Kier molecular flexibility index (Phi) is 6.19. The van der Waals surface area contributed by atoms with E-state index < -0.39 is 33.7 Å². The van der Waals surface area contributed by atoms with Gasteiger partial charge in [-0.2, -0.15) is 4.39 Å². The summed E-state index contributed by atoms with van der Waals surface area (Å²) >= 11 is 3.24. The molecule has 1 N–H and O–H groups in total. The van der Waals surface area contributed by atoms with Crippen molar-refractivity contribution >= 4 is 27.5 Å². The summed E-state index contributed by atoms with van der Waals surface area (Å²) < 4.78 is 27.6. The maximum Gasteiger partial charge on any atom is 0.305 e. The minimum absolute atomic E-state index is 0.0521. The Labute approximate surface area is 129 Å². The normalized spacial score (nSPS) is 12.3. The molecule has 1 rings (SSSR count).